The summed E-state index contributed by atoms with van der Waals surface area (Å²) in [7, 11) is 0. The van der Waals surface area contributed by atoms with E-state index >= 15 is 0 Å². The molecule has 2 aromatic rings. The molecule has 3 nitrogen and oxygen atoms in total. The number of aryl methyl sites for hydroxylation is 2. The van der Waals surface area contributed by atoms with Crippen LogP contribution >= 0.6 is 0 Å². The van der Waals surface area contributed by atoms with Crippen LogP contribution in [-0.4, -0.2) is 11.5 Å². The van der Waals surface area contributed by atoms with Gasteiger partial charge in [-0.25, -0.2) is 0 Å². The number of nitrogens with two attached hydrogens (primary N) is 1. The van der Waals surface area contributed by atoms with Crippen LogP contribution in [0.2, 0.25) is 0 Å². The Morgan fingerprint density at radius 1 is 1.22 bits per heavy atom. The first-order chi connectivity index (χ1) is 8.74. The Hall–Kier alpha value is -2.03. The zero-order valence-electron chi connectivity index (χ0n) is 10.6. The molecule has 0 saturated heterocycles. The van der Waals surface area contributed by atoms with Crippen molar-refractivity contribution in [2.24, 2.45) is 0 Å². The minimum atomic E-state index is 0.715. The van der Waals surface area contributed by atoms with E-state index in [-0.39, 0.29) is 0 Å². The number of benzene rings is 1. The van der Waals surface area contributed by atoms with Gasteiger partial charge in [-0.05, 0) is 37.5 Å². The molecule has 3 rings (SSSR count). The number of nitrogen functional groups attached to an aromatic ring is 1. The van der Waals surface area contributed by atoms with Crippen LogP contribution in [0.5, 0.6) is 0 Å². The molecule has 0 saturated carbocycles. The summed E-state index contributed by atoms with van der Waals surface area (Å²) in [5.74, 6) is 0. The molecule has 1 aliphatic heterocycles. The summed E-state index contributed by atoms with van der Waals surface area (Å²) in [6.45, 7) is 3.17. The third kappa shape index (κ3) is 1.92. The Kier molecular flexibility index (Phi) is 2.67. The average molecular weight is 239 g/mol. The van der Waals surface area contributed by atoms with Crippen LogP contribution in [0.1, 0.15) is 17.5 Å². The minimum absolute atomic E-state index is 0.715. The average Bonchev–Trinajstić information content (AvgIpc) is 2.37. The molecule has 1 aliphatic rings. The van der Waals surface area contributed by atoms with Gasteiger partial charge in [-0.1, -0.05) is 17.7 Å². The third-order valence-corrected chi connectivity index (χ3v) is 3.41. The van der Waals surface area contributed by atoms with Crippen molar-refractivity contribution in [1.82, 2.24) is 4.98 Å². The van der Waals surface area contributed by atoms with Crippen molar-refractivity contribution >= 4 is 17.1 Å². The lowest BCUT2D eigenvalue weighted by molar-refractivity contribution is 0.765. The smallest absolute Gasteiger partial charge is 0.0617 e. The Morgan fingerprint density at radius 3 is 2.94 bits per heavy atom. The summed E-state index contributed by atoms with van der Waals surface area (Å²) in [5, 5.41) is 0. The van der Waals surface area contributed by atoms with E-state index in [0.717, 1.165) is 18.7 Å². The van der Waals surface area contributed by atoms with Crippen molar-refractivity contribution in [1.29, 1.82) is 0 Å². The Labute approximate surface area is 107 Å². The van der Waals surface area contributed by atoms with Crippen LogP contribution in [0.3, 0.4) is 0 Å². The maximum atomic E-state index is 5.82. The van der Waals surface area contributed by atoms with Gasteiger partial charge in [-0.2, -0.15) is 0 Å². The van der Waals surface area contributed by atoms with Crippen molar-refractivity contribution in [2.75, 3.05) is 17.2 Å². The maximum absolute atomic E-state index is 5.82. The third-order valence-electron chi connectivity index (χ3n) is 3.41. The van der Waals surface area contributed by atoms with Crippen LogP contribution in [0.4, 0.5) is 17.1 Å². The van der Waals surface area contributed by atoms with Gasteiger partial charge in [0, 0.05) is 18.4 Å². The largest absolute Gasteiger partial charge is 0.397 e. The first kappa shape index (κ1) is 11.1. The predicted molar refractivity (Wildman–Crippen MR) is 75.2 cm³/mol. The zero-order chi connectivity index (χ0) is 12.5. The van der Waals surface area contributed by atoms with Crippen LogP contribution < -0.4 is 10.6 Å². The molecular weight excluding hydrogens is 222 g/mol. The summed E-state index contributed by atoms with van der Waals surface area (Å²) < 4.78 is 0. The number of nitrogens with zero attached hydrogens (tertiary/aromatic N) is 2. The molecular formula is C15H17N3. The van der Waals surface area contributed by atoms with E-state index in [9.17, 15) is 0 Å². The molecule has 0 amide bonds. The van der Waals surface area contributed by atoms with E-state index in [1.54, 1.807) is 6.20 Å². The summed E-state index contributed by atoms with van der Waals surface area (Å²) >= 11 is 0. The van der Waals surface area contributed by atoms with E-state index in [1.807, 2.05) is 12.3 Å². The molecule has 1 aromatic heterocycles. The van der Waals surface area contributed by atoms with Gasteiger partial charge in [0.15, 0.2) is 0 Å². The van der Waals surface area contributed by atoms with E-state index in [4.69, 9.17) is 5.73 Å². The topological polar surface area (TPSA) is 42.2 Å². The van der Waals surface area contributed by atoms with E-state index in [2.05, 4.69) is 35.0 Å². The summed E-state index contributed by atoms with van der Waals surface area (Å²) in [5.41, 5.74) is 11.6. The highest BCUT2D eigenvalue weighted by atomic mass is 15.1. The molecule has 2 heterocycles. The first-order valence-electron chi connectivity index (χ1n) is 6.31. The number of pyridine rings is 1. The number of hydrogen-bond acceptors (Lipinski definition) is 3. The number of aromatic nitrogens is 1. The van der Waals surface area contributed by atoms with Gasteiger partial charge in [0.25, 0.3) is 0 Å². The second-order valence-corrected chi connectivity index (χ2v) is 4.86. The van der Waals surface area contributed by atoms with Gasteiger partial charge in [0.2, 0.25) is 0 Å². The number of hydrogen-bond donors (Lipinski definition) is 1. The van der Waals surface area contributed by atoms with Crippen LogP contribution in [0, 0.1) is 6.92 Å². The fraction of sp³-hybridized carbons (Fsp3) is 0.267. The van der Waals surface area contributed by atoms with E-state index in [1.165, 1.54) is 23.2 Å². The molecule has 1 aromatic carbocycles. The van der Waals surface area contributed by atoms with Crippen molar-refractivity contribution < 1.29 is 0 Å². The molecule has 0 bridgehead atoms. The standard InChI is InChI=1S/C15H17N3/c1-11-4-5-15-12(7-11)3-2-6-18(15)14-8-13(16)9-17-10-14/h4-5,7-10H,2-3,6,16H2,1H3. The molecule has 0 radical (unpaired) electrons. The highest BCUT2D eigenvalue weighted by Crippen LogP contribution is 2.34. The Morgan fingerprint density at radius 2 is 2.11 bits per heavy atom. The van der Waals surface area contributed by atoms with E-state index < -0.39 is 0 Å². The lowest BCUT2D eigenvalue weighted by Crippen LogP contribution is -2.24. The normalized spacial score (nSPS) is 14.4. The number of fused-ring (bicyclic) bond motifs is 1. The summed E-state index contributed by atoms with van der Waals surface area (Å²) in [6.07, 6.45) is 5.89. The first-order valence-corrected chi connectivity index (χ1v) is 6.31. The molecule has 18 heavy (non-hydrogen) atoms. The highest BCUT2D eigenvalue weighted by Gasteiger charge is 2.18. The quantitative estimate of drug-likeness (QED) is 0.831. The fourth-order valence-electron chi connectivity index (χ4n) is 2.59. The summed E-state index contributed by atoms with van der Waals surface area (Å²) in [6, 6.07) is 8.63. The Balaban J connectivity index is 2.06. The number of anilines is 3. The van der Waals surface area contributed by atoms with Crippen molar-refractivity contribution in [2.45, 2.75) is 19.8 Å². The molecule has 0 atom stereocenters. The molecule has 0 spiro atoms. The van der Waals surface area contributed by atoms with Crippen LogP contribution in [0.25, 0.3) is 0 Å². The maximum Gasteiger partial charge on any atom is 0.0617 e. The molecule has 92 valence electrons. The van der Waals surface area contributed by atoms with Crippen LogP contribution in [0.15, 0.2) is 36.7 Å². The lowest BCUT2D eigenvalue weighted by Gasteiger charge is -2.31. The SMILES string of the molecule is Cc1ccc2c(c1)CCCN2c1cncc(N)c1. The van der Waals surface area contributed by atoms with Gasteiger partial charge < -0.3 is 10.6 Å². The lowest BCUT2D eigenvalue weighted by atomic mass is 9.99. The predicted octanol–water partition coefficient (Wildman–Crippen LogP) is 3.06. The molecule has 0 unspecified atom stereocenters. The molecule has 2 N–H and O–H groups in total. The Bertz CT molecular complexity index is 578. The highest BCUT2D eigenvalue weighted by molar-refractivity contribution is 5.69. The molecule has 0 fully saturated rings. The molecule has 0 aliphatic carbocycles. The van der Waals surface area contributed by atoms with Gasteiger partial charge in [0.05, 0.1) is 17.6 Å². The van der Waals surface area contributed by atoms with Gasteiger partial charge in [0.1, 0.15) is 0 Å². The molecule has 3 heteroatoms. The van der Waals surface area contributed by atoms with Gasteiger partial charge in [-0.15, -0.1) is 0 Å². The van der Waals surface area contributed by atoms with Gasteiger partial charge in [-0.3, -0.25) is 4.98 Å². The van der Waals surface area contributed by atoms with Crippen molar-refractivity contribution in [3.8, 4) is 0 Å². The van der Waals surface area contributed by atoms with Gasteiger partial charge >= 0.3 is 0 Å². The van der Waals surface area contributed by atoms with E-state index in [0.29, 0.717) is 5.69 Å². The van der Waals surface area contributed by atoms with Crippen molar-refractivity contribution in [3.05, 3.63) is 47.8 Å². The second kappa shape index (κ2) is 4.33. The second-order valence-electron chi connectivity index (χ2n) is 4.86. The zero-order valence-corrected chi connectivity index (χ0v) is 10.6. The van der Waals surface area contributed by atoms with Crippen molar-refractivity contribution in [3.63, 3.8) is 0 Å². The monoisotopic (exact) mass is 239 g/mol. The fourth-order valence-corrected chi connectivity index (χ4v) is 2.59. The van der Waals surface area contributed by atoms with Crippen LogP contribution in [-0.2, 0) is 6.42 Å². The number of rotatable bonds is 1. The summed E-state index contributed by atoms with van der Waals surface area (Å²) in [4.78, 5) is 6.49. The minimum Gasteiger partial charge on any atom is -0.397 e.